The predicted molar refractivity (Wildman–Crippen MR) is 18.4 cm³/mol. The molecule has 0 saturated carbocycles. The first kappa shape index (κ1) is 4.92. The second-order valence-corrected chi connectivity index (χ2v) is 0.836. The van der Waals surface area contributed by atoms with Crippen molar-refractivity contribution >= 4 is 0 Å². The van der Waals surface area contributed by atoms with Gasteiger partial charge in [-0.1, -0.05) is 0 Å². The van der Waals surface area contributed by atoms with Gasteiger partial charge in [0.15, 0.2) is 0 Å². The van der Waals surface area contributed by atoms with Gasteiger partial charge >= 0.3 is 0 Å². The van der Waals surface area contributed by atoms with Gasteiger partial charge in [0, 0.05) is 0 Å². The van der Waals surface area contributed by atoms with E-state index in [-0.39, 0.29) is 6.61 Å². The van der Waals surface area contributed by atoms with Crippen LogP contribution in [0.15, 0.2) is 0 Å². The molecule has 0 aliphatic rings. The molecule has 1 unspecified atom stereocenters. The minimum absolute atomic E-state index is 0.250. The van der Waals surface area contributed by atoms with Crippen molar-refractivity contribution in [3.63, 3.8) is 0 Å². The van der Waals surface area contributed by atoms with Gasteiger partial charge in [-0.15, -0.1) is 0 Å². The van der Waals surface area contributed by atoms with Crippen LogP contribution in [0.25, 0.3) is 0 Å². The number of aliphatic hydroxyl groups excluding tert-OH is 2. The monoisotopic (exact) mass is 75.0 g/mol. The first-order chi connectivity index (χ1) is 2.27. The Morgan fingerprint density at radius 2 is 2.00 bits per heavy atom. The summed E-state index contributed by atoms with van der Waals surface area (Å²) < 4.78 is 0. The Morgan fingerprint density at radius 3 is 2.00 bits per heavy atom. The van der Waals surface area contributed by atoms with Gasteiger partial charge in [-0.05, 0) is 6.92 Å². The molecular formula is C3H7O2. The summed E-state index contributed by atoms with van der Waals surface area (Å²) in [5.74, 6) is 0. The Kier molecular flexibility index (Phi) is 2.14. The Bertz CT molecular complexity index is 18.9. The lowest BCUT2D eigenvalue weighted by atomic mass is 10.5. The standard InChI is InChI=1S/C3H7O2/c1-3(5)2-4/h3-5H,1-2H2. The van der Waals surface area contributed by atoms with E-state index in [4.69, 9.17) is 10.2 Å². The first-order valence-electron chi connectivity index (χ1n) is 1.39. The molecule has 0 amide bonds. The molecule has 0 aromatic rings. The number of hydrogen-bond acceptors (Lipinski definition) is 2. The number of aliphatic hydroxyl groups is 2. The Balaban J connectivity index is 2.54. The molecule has 0 aliphatic heterocycles. The maximum atomic E-state index is 8.00. The third kappa shape index (κ3) is 3.92. The highest BCUT2D eigenvalue weighted by Crippen LogP contribution is 1.67. The molecule has 0 spiro atoms. The first-order valence-corrected chi connectivity index (χ1v) is 1.39. The zero-order valence-corrected chi connectivity index (χ0v) is 2.89. The van der Waals surface area contributed by atoms with Gasteiger partial charge < -0.3 is 10.2 Å². The number of hydrogen-bond donors (Lipinski definition) is 2. The zero-order valence-electron chi connectivity index (χ0n) is 2.89. The van der Waals surface area contributed by atoms with Crippen molar-refractivity contribution in [3.05, 3.63) is 6.92 Å². The van der Waals surface area contributed by atoms with E-state index in [1.54, 1.807) is 0 Å². The van der Waals surface area contributed by atoms with Gasteiger partial charge in [0.2, 0.25) is 0 Å². The highest BCUT2D eigenvalue weighted by molar-refractivity contribution is 4.49. The van der Waals surface area contributed by atoms with E-state index in [1.165, 1.54) is 0 Å². The molecule has 5 heavy (non-hydrogen) atoms. The van der Waals surface area contributed by atoms with E-state index in [0.29, 0.717) is 0 Å². The molecule has 1 radical (unpaired) electrons. The summed E-state index contributed by atoms with van der Waals surface area (Å²) in [6.45, 7) is 2.81. The van der Waals surface area contributed by atoms with Crippen LogP contribution in [0.3, 0.4) is 0 Å². The van der Waals surface area contributed by atoms with Gasteiger partial charge in [-0.25, -0.2) is 0 Å². The van der Waals surface area contributed by atoms with Gasteiger partial charge in [0.05, 0.1) is 12.7 Å². The predicted octanol–water partition coefficient (Wildman–Crippen LogP) is -0.826. The normalized spacial score (nSPS) is 15.0. The largest absolute Gasteiger partial charge is 0.394 e. The Morgan fingerprint density at radius 1 is 1.80 bits per heavy atom. The summed E-state index contributed by atoms with van der Waals surface area (Å²) in [7, 11) is 0. The summed E-state index contributed by atoms with van der Waals surface area (Å²) in [5.41, 5.74) is 0. The molecule has 31 valence electrons. The van der Waals surface area contributed by atoms with E-state index in [9.17, 15) is 0 Å². The second-order valence-electron chi connectivity index (χ2n) is 0.836. The SMILES string of the molecule is [CH2]C(O)CO. The van der Waals surface area contributed by atoms with E-state index < -0.39 is 6.10 Å². The molecule has 0 saturated heterocycles. The molecule has 0 aromatic carbocycles. The molecule has 1 atom stereocenters. The zero-order chi connectivity index (χ0) is 4.28. The Hall–Kier alpha value is -0.0800. The lowest BCUT2D eigenvalue weighted by Crippen LogP contribution is -2.04. The molecular weight excluding hydrogens is 68.0 g/mol. The smallest absolute Gasteiger partial charge is 0.0771 e. The lowest BCUT2D eigenvalue weighted by Gasteiger charge is -1.89. The van der Waals surface area contributed by atoms with Crippen molar-refractivity contribution in [2.24, 2.45) is 0 Å². The van der Waals surface area contributed by atoms with Crippen LogP contribution in [-0.4, -0.2) is 22.9 Å². The van der Waals surface area contributed by atoms with Crippen LogP contribution in [0.4, 0.5) is 0 Å². The average Bonchev–Trinajstić information content (AvgIpc) is 1.38. The maximum Gasteiger partial charge on any atom is 0.0771 e. The summed E-state index contributed by atoms with van der Waals surface area (Å²) >= 11 is 0. The summed E-state index contributed by atoms with van der Waals surface area (Å²) in [4.78, 5) is 0. The van der Waals surface area contributed by atoms with Crippen molar-refractivity contribution in [1.82, 2.24) is 0 Å². The van der Waals surface area contributed by atoms with E-state index in [1.807, 2.05) is 0 Å². The van der Waals surface area contributed by atoms with Crippen molar-refractivity contribution in [2.45, 2.75) is 6.10 Å². The van der Waals surface area contributed by atoms with Crippen LogP contribution in [0.5, 0.6) is 0 Å². The third-order valence-corrected chi connectivity index (χ3v) is 0.211. The summed E-state index contributed by atoms with van der Waals surface area (Å²) in [6.07, 6.45) is -0.810. The van der Waals surface area contributed by atoms with Gasteiger partial charge in [0.25, 0.3) is 0 Å². The molecule has 0 heterocycles. The maximum absolute atomic E-state index is 8.00. The molecule has 0 fully saturated rings. The van der Waals surface area contributed by atoms with Gasteiger partial charge in [-0.2, -0.15) is 0 Å². The van der Waals surface area contributed by atoms with E-state index in [0.717, 1.165) is 0 Å². The highest BCUT2D eigenvalue weighted by Gasteiger charge is 1.83. The lowest BCUT2D eigenvalue weighted by molar-refractivity contribution is 0.129. The molecule has 0 aliphatic carbocycles. The molecule has 2 N–H and O–H groups in total. The van der Waals surface area contributed by atoms with E-state index >= 15 is 0 Å². The van der Waals surface area contributed by atoms with Crippen LogP contribution >= 0.6 is 0 Å². The van der Waals surface area contributed by atoms with Crippen molar-refractivity contribution in [2.75, 3.05) is 6.61 Å². The van der Waals surface area contributed by atoms with Crippen LogP contribution in [-0.2, 0) is 0 Å². The Labute approximate surface area is 31.1 Å². The molecule has 2 heteroatoms. The molecule has 0 rings (SSSR count). The average molecular weight is 75.1 g/mol. The fraction of sp³-hybridized carbons (Fsp3) is 0.667. The minimum atomic E-state index is -0.810. The van der Waals surface area contributed by atoms with Gasteiger partial charge in [0.1, 0.15) is 0 Å². The molecule has 0 aromatic heterocycles. The fourth-order valence-corrected chi connectivity index (χ4v) is 0. The van der Waals surface area contributed by atoms with Crippen LogP contribution in [0.1, 0.15) is 0 Å². The molecule has 2 nitrogen and oxygen atoms in total. The van der Waals surface area contributed by atoms with E-state index in [2.05, 4.69) is 6.92 Å². The second kappa shape index (κ2) is 2.18. The van der Waals surface area contributed by atoms with Gasteiger partial charge in [-0.3, -0.25) is 0 Å². The topological polar surface area (TPSA) is 40.5 Å². The highest BCUT2D eigenvalue weighted by atomic mass is 16.3. The van der Waals surface area contributed by atoms with Crippen molar-refractivity contribution < 1.29 is 10.2 Å². The van der Waals surface area contributed by atoms with Crippen LogP contribution in [0, 0.1) is 6.92 Å². The summed E-state index contributed by atoms with van der Waals surface area (Å²) in [6, 6.07) is 0. The summed E-state index contributed by atoms with van der Waals surface area (Å²) in [5, 5.41) is 15.8. The molecule has 0 bridgehead atoms. The fourth-order valence-electron chi connectivity index (χ4n) is 0. The van der Waals surface area contributed by atoms with Crippen LogP contribution in [0.2, 0.25) is 0 Å². The van der Waals surface area contributed by atoms with Crippen molar-refractivity contribution in [3.8, 4) is 0 Å². The minimum Gasteiger partial charge on any atom is -0.394 e. The third-order valence-electron chi connectivity index (χ3n) is 0.211. The number of rotatable bonds is 1. The quantitative estimate of drug-likeness (QED) is 0.427. The van der Waals surface area contributed by atoms with Crippen LogP contribution < -0.4 is 0 Å². The van der Waals surface area contributed by atoms with Crippen molar-refractivity contribution in [1.29, 1.82) is 0 Å².